The number of amides is 1. The highest BCUT2D eigenvalue weighted by atomic mass is 32.2. The van der Waals surface area contributed by atoms with E-state index in [0.29, 0.717) is 11.3 Å². The largest absolute Gasteiger partial charge is 0.451 e. The molecule has 0 fully saturated rings. The summed E-state index contributed by atoms with van der Waals surface area (Å²) in [6.45, 7) is -0.0415. The first-order valence-corrected chi connectivity index (χ1v) is 9.86. The number of benzene rings is 1. The van der Waals surface area contributed by atoms with E-state index in [1.165, 1.54) is 0 Å². The summed E-state index contributed by atoms with van der Waals surface area (Å²) < 4.78 is 34.0. The van der Waals surface area contributed by atoms with E-state index in [0.717, 1.165) is 10.9 Å². The molecule has 0 aliphatic heterocycles. The molecule has 0 atom stereocenters. The van der Waals surface area contributed by atoms with Crippen molar-refractivity contribution in [2.45, 2.75) is 0 Å². The Morgan fingerprint density at radius 3 is 2.85 bits per heavy atom. The van der Waals surface area contributed by atoms with Gasteiger partial charge in [-0.25, -0.2) is 12.9 Å². The van der Waals surface area contributed by atoms with Gasteiger partial charge in [-0.2, -0.15) is 5.10 Å². The Morgan fingerprint density at radius 1 is 1.15 bits per heavy atom. The Kier molecular flexibility index (Phi) is 4.28. The van der Waals surface area contributed by atoms with E-state index in [4.69, 9.17) is 4.42 Å². The molecule has 1 aromatic carbocycles. The molecule has 8 nitrogen and oxygen atoms in total. The standard InChI is InChI=1S/C18H16N4O4S/c23-18(17-11-13-3-1-2-4-16(13)26-17)19-8-10-27(24,25)21-14-6-9-22-15(12-14)5-7-20-22/h1-7,9,11-12,21H,8,10H2,(H,19,23). The molecule has 3 aromatic heterocycles. The number of carbonyl (C=O) groups excluding carboxylic acids is 1. The lowest BCUT2D eigenvalue weighted by Crippen LogP contribution is -2.31. The fraction of sp³-hybridized carbons (Fsp3) is 0.111. The number of anilines is 1. The Labute approximate surface area is 154 Å². The second-order valence-corrected chi connectivity index (χ2v) is 7.78. The number of rotatable bonds is 6. The smallest absolute Gasteiger partial charge is 0.287 e. The number of sulfonamides is 1. The van der Waals surface area contributed by atoms with E-state index in [2.05, 4.69) is 15.1 Å². The van der Waals surface area contributed by atoms with Crippen molar-refractivity contribution in [1.82, 2.24) is 14.9 Å². The molecule has 27 heavy (non-hydrogen) atoms. The summed E-state index contributed by atoms with van der Waals surface area (Å²) in [6, 6.07) is 13.9. The monoisotopic (exact) mass is 384 g/mol. The molecule has 0 saturated heterocycles. The van der Waals surface area contributed by atoms with Crippen LogP contribution in [-0.4, -0.2) is 36.2 Å². The maximum atomic E-state index is 12.2. The number of fused-ring (bicyclic) bond motifs is 2. The maximum absolute atomic E-state index is 12.2. The molecule has 0 bridgehead atoms. The molecular formula is C18H16N4O4S. The minimum atomic E-state index is -3.61. The number of nitrogens with one attached hydrogen (secondary N) is 2. The topological polar surface area (TPSA) is 106 Å². The number of carbonyl (C=O) groups is 1. The fourth-order valence-corrected chi connectivity index (χ4v) is 3.65. The SMILES string of the molecule is O=C(NCCS(=O)(=O)Nc1ccn2nccc2c1)c1cc2ccccc2o1. The van der Waals surface area contributed by atoms with Gasteiger partial charge in [0, 0.05) is 24.3 Å². The van der Waals surface area contributed by atoms with E-state index >= 15 is 0 Å². The lowest BCUT2D eigenvalue weighted by Gasteiger charge is -2.09. The van der Waals surface area contributed by atoms with Crippen LogP contribution in [0.25, 0.3) is 16.5 Å². The molecule has 4 rings (SSSR count). The van der Waals surface area contributed by atoms with Gasteiger partial charge in [-0.1, -0.05) is 18.2 Å². The predicted octanol–water partition coefficient (Wildman–Crippen LogP) is 2.25. The molecule has 9 heteroatoms. The van der Waals surface area contributed by atoms with Crippen molar-refractivity contribution < 1.29 is 17.6 Å². The Morgan fingerprint density at radius 2 is 2.00 bits per heavy atom. The number of pyridine rings is 1. The first-order chi connectivity index (χ1) is 13.0. The van der Waals surface area contributed by atoms with Gasteiger partial charge >= 0.3 is 0 Å². The van der Waals surface area contributed by atoms with E-state index in [9.17, 15) is 13.2 Å². The Hall–Kier alpha value is -3.33. The molecule has 138 valence electrons. The zero-order chi connectivity index (χ0) is 18.9. The summed E-state index contributed by atoms with van der Waals surface area (Å²) >= 11 is 0. The zero-order valence-corrected chi connectivity index (χ0v) is 14.9. The molecule has 2 N–H and O–H groups in total. The third-order valence-corrected chi connectivity index (χ3v) is 5.27. The van der Waals surface area contributed by atoms with Crippen molar-refractivity contribution in [3.05, 3.63) is 66.7 Å². The van der Waals surface area contributed by atoms with E-state index in [1.807, 2.05) is 18.2 Å². The van der Waals surface area contributed by atoms with Crippen LogP contribution in [0.2, 0.25) is 0 Å². The molecular weight excluding hydrogens is 368 g/mol. The van der Waals surface area contributed by atoms with E-state index < -0.39 is 15.9 Å². The third kappa shape index (κ3) is 3.77. The number of aromatic nitrogens is 2. The number of furan rings is 1. The molecule has 0 radical (unpaired) electrons. The number of para-hydroxylation sites is 1. The van der Waals surface area contributed by atoms with Crippen molar-refractivity contribution in [3.8, 4) is 0 Å². The van der Waals surface area contributed by atoms with E-state index in [-0.39, 0.29) is 18.1 Å². The summed E-state index contributed by atoms with van der Waals surface area (Å²) in [7, 11) is -3.61. The predicted molar refractivity (Wildman–Crippen MR) is 101 cm³/mol. The van der Waals surface area contributed by atoms with Gasteiger partial charge in [0.15, 0.2) is 5.76 Å². The van der Waals surface area contributed by atoms with Crippen LogP contribution in [0.3, 0.4) is 0 Å². The molecule has 0 aliphatic carbocycles. The van der Waals surface area contributed by atoms with Gasteiger partial charge in [0.05, 0.1) is 17.0 Å². The van der Waals surface area contributed by atoms with Crippen LogP contribution < -0.4 is 10.0 Å². The van der Waals surface area contributed by atoms with Gasteiger partial charge in [-0.15, -0.1) is 0 Å². The van der Waals surface area contributed by atoms with Crippen molar-refractivity contribution in [2.75, 3.05) is 17.0 Å². The highest BCUT2D eigenvalue weighted by Crippen LogP contribution is 2.18. The van der Waals surface area contributed by atoms with Gasteiger partial charge in [0.2, 0.25) is 10.0 Å². The first-order valence-electron chi connectivity index (χ1n) is 8.21. The second-order valence-electron chi connectivity index (χ2n) is 5.94. The second kappa shape index (κ2) is 6.76. The summed E-state index contributed by atoms with van der Waals surface area (Å²) in [5, 5.41) is 7.43. The Bertz CT molecular complexity index is 1190. The normalized spacial score (nSPS) is 11.7. The van der Waals surface area contributed by atoms with Gasteiger partial charge < -0.3 is 9.73 Å². The van der Waals surface area contributed by atoms with Gasteiger partial charge in [-0.3, -0.25) is 9.52 Å². The molecule has 0 spiro atoms. The van der Waals surface area contributed by atoms with Gasteiger partial charge in [0.1, 0.15) is 5.58 Å². The Balaban J connectivity index is 1.36. The number of hydrogen-bond donors (Lipinski definition) is 2. The summed E-state index contributed by atoms with van der Waals surface area (Å²) in [5.74, 6) is -0.571. The fourth-order valence-electron chi connectivity index (χ4n) is 2.70. The minimum absolute atomic E-state index is 0.0415. The van der Waals surface area contributed by atoms with Gasteiger partial charge in [0.25, 0.3) is 5.91 Å². The molecule has 0 unspecified atom stereocenters. The summed E-state index contributed by atoms with van der Waals surface area (Å²) in [6.07, 6.45) is 3.29. The number of hydrogen-bond acceptors (Lipinski definition) is 5. The molecule has 3 heterocycles. The van der Waals surface area contributed by atoms with Crippen molar-refractivity contribution in [1.29, 1.82) is 0 Å². The van der Waals surface area contributed by atoms with Crippen LogP contribution in [0, 0.1) is 0 Å². The summed E-state index contributed by atoms with van der Waals surface area (Å²) in [5.41, 5.74) is 1.81. The molecule has 0 saturated carbocycles. The number of nitrogens with zero attached hydrogens (tertiary/aromatic N) is 2. The van der Waals surface area contributed by atoms with Crippen molar-refractivity contribution >= 4 is 38.1 Å². The lowest BCUT2D eigenvalue weighted by molar-refractivity contribution is 0.0930. The van der Waals surface area contributed by atoms with Crippen LogP contribution in [-0.2, 0) is 10.0 Å². The van der Waals surface area contributed by atoms with Crippen LogP contribution in [0.4, 0.5) is 5.69 Å². The average molecular weight is 384 g/mol. The minimum Gasteiger partial charge on any atom is -0.451 e. The highest BCUT2D eigenvalue weighted by Gasteiger charge is 2.15. The highest BCUT2D eigenvalue weighted by molar-refractivity contribution is 7.92. The van der Waals surface area contributed by atoms with E-state index in [1.54, 1.807) is 47.2 Å². The quantitative estimate of drug-likeness (QED) is 0.530. The van der Waals surface area contributed by atoms with Crippen LogP contribution in [0.1, 0.15) is 10.6 Å². The van der Waals surface area contributed by atoms with Crippen LogP contribution in [0.5, 0.6) is 0 Å². The molecule has 4 aromatic rings. The summed E-state index contributed by atoms with van der Waals surface area (Å²) in [4.78, 5) is 12.1. The van der Waals surface area contributed by atoms with Crippen molar-refractivity contribution in [2.24, 2.45) is 0 Å². The zero-order valence-electron chi connectivity index (χ0n) is 14.1. The molecule has 0 aliphatic rings. The average Bonchev–Trinajstić information content (AvgIpc) is 3.27. The van der Waals surface area contributed by atoms with Gasteiger partial charge in [-0.05, 0) is 30.3 Å². The van der Waals surface area contributed by atoms with Crippen LogP contribution >= 0.6 is 0 Å². The van der Waals surface area contributed by atoms with Crippen LogP contribution in [0.15, 0.2) is 65.3 Å². The molecule has 1 amide bonds. The third-order valence-electron chi connectivity index (χ3n) is 3.98. The lowest BCUT2D eigenvalue weighted by atomic mass is 10.2. The first kappa shape index (κ1) is 17.1. The van der Waals surface area contributed by atoms with Crippen molar-refractivity contribution in [3.63, 3.8) is 0 Å². The maximum Gasteiger partial charge on any atom is 0.287 e.